The summed E-state index contributed by atoms with van der Waals surface area (Å²) in [6, 6.07) is 3.61. The number of nitrogens with zero attached hydrogens (tertiary/aromatic N) is 1. The Morgan fingerprint density at radius 2 is 2.00 bits per heavy atom. The van der Waals surface area contributed by atoms with Gasteiger partial charge >= 0.3 is 0 Å². The maximum Gasteiger partial charge on any atom is 0.160 e. The summed E-state index contributed by atoms with van der Waals surface area (Å²) in [7, 11) is 2.15. The van der Waals surface area contributed by atoms with Crippen molar-refractivity contribution < 1.29 is 10.2 Å². The highest BCUT2D eigenvalue weighted by Crippen LogP contribution is 2.45. The van der Waals surface area contributed by atoms with Crippen LogP contribution in [-0.2, 0) is 6.42 Å². The molecule has 94 valence electrons. The van der Waals surface area contributed by atoms with Crippen molar-refractivity contribution in [2.24, 2.45) is 5.92 Å². The second-order valence-electron chi connectivity index (χ2n) is 5.13. The Morgan fingerprint density at radius 1 is 1.24 bits per heavy atom. The number of hydrogen-bond acceptors (Lipinski definition) is 3. The van der Waals surface area contributed by atoms with Gasteiger partial charge in [0.1, 0.15) is 0 Å². The number of benzene rings is 1. The van der Waals surface area contributed by atoms with Crippen LogP contribution in [0.4, 0.5) is 0 Å². The molecule has 0 radical (unpaired) electrons. The lowest BCUT2D eigenvalue weighted by Gasteiger charge is -2.28. The number of aromatic hydroxyl groups is 2. The van der Waals surface area contributed by atoms with Gasteiger partial charge in [-0.1, -0.05) is 6.07 Å². The third-order valence-corrected chi connectivity index (χ3v) is 4.09. The van der Waals surface area contributed by atoms with Gasteiger partial charge in [0, 0.05) is 24.6 Å². The molecule has 1 aliphatic heterocycles. The van der Waals surface area contributed by atoms with Crippen molar-refractivity contribution in [1.82, 2.24) is 4.90 Å². The Balaban J connectivity index is 0.00000108. The first-order chi connectivity index (χ1) is 7.66. The number of rotatable bonds is 0. The van der Waals surface area contributed by atoms with Crippen LogP contribution >= 0.6 is 12.4 Å². The Morgan fingerprint density at radius 3 is 2.76 bits per heavy atom. The average Bonchev–Trinajstić information content (AvgIpc) is 2.63. The summed E-state index contributed by atoms with van der Waals surface area (Å²) in [6.07, 6.45) is 2.02. The summed E-state index contributed by atoms with van der Waals surface area (Å²) < 4.78 is 0. The molecule has 2 unspecified atom stereocenters. The molecule has 1 fully saturated rings. The van der Waals surface area contributed by atoms with E-state index in [0.29, 0.717) is 5.92 Å². The van der Waals surface area contributed by atoms with Gasteiger partial charge < -0.3 is 15.1 Å². The average molecular weight is 256 g/mol. The van der Waals surface area contributed by atoms with E-state index >= 15 is 0 Å². The van der Waals surface area contributed by atoms with Crippen LogP contribution in [0, 0.1) is 5.92 Å². The Labute approximate surface area is 107 Å². The van der Waals surface area contributed by atoms with Gasteiger partial charge in [-0.15, -0.1) is 12.4 Å². The van der Waals surface area contributed by atoms with E-state index in [1.807, 2.05) is 6.07 Å². The van der Waals surface area contributed by atoms with E-state index in [-0.39, 0.29) is 23.9 Å². The number of halogens is 1. The van der Waals surface area contributed by atoms with Gasteiger partial charge in [0.25, 0.3) is 0 Å². The summed E-state index contributed by atoms with van der Waals surface area (Å²) in [5.41, 5.74) is 2.22. The molecule has 1 aromatic rings. The van der Waals surface area contributed by atoms with Crippen LogP contribution in [0.1, 0.15) is 23.5 Å². The van der Waals surface area contributed by atoms with E-state index in [4.69, 9.17) is 0 Å². The van der Waals surface area contributed by atoms with Gasteiger partial charge in [-0.25, -0.2) is 0 Å². The molecule has 0 saturated carbocycles. The highest BCUT2D eigenvalue weighted by atomic mass is 35.5. The van der Waals surface area contributed by atoms with E-state index in [1.54, 1.807) is 6.07 Å². The van der Waals surface area contributed by atoms with Gasteiger partial charge in [-0.05, 0) is 37.4 Å². The zero-order chi connectivity index (χ0) is 11.3. The number of phenols is 2. The van der Waals surface area contributed by atoms with Crippen LogP contribution < -0.4 is 0 Å². The molecule has 1 heterocycles. The molecule has 3 rings (SSSR count). The summed E-state index contributed by atoms with van der Waals surface area (Å²) in [5.74, 6) is 1.38. The van der Waals surface area contributed by atoms with Crippen molar-refractivity contribution in [3.05, 3.63) is 23.3 Å². The van der Waals surface area contributed by atoms with Crippen molar-refractivity contribution in [2.75, 3.05) is 20.1 Å². The smallest absolute Gasteiger partial charge is 0.160 e. The minimum Gasteiger partial charge on any atom is -0.504 e. The summed E-state index contributed by atoms with van der Waals surface area (Å²) in [4.78, 5) is 2.36. The van der Waals surface area contributed by atoms with Crippen molar-refractivity contribution in [2.45, 2.75) is 18.8 Å². The number of hydrogen-bond donors (Lipinski definition) is 2. The molecule has 0 bridgehead atoms. The fourth-order valence-electron chi connectivity index (χ4n) is 3.31. The quantitative estimate of drug-likeness (QED) is 0.698. The fourth-order valence-corrected chi connectivity index (χ4v) is 3.31. The minimum atomic E-state index is 0. The first kappa shape index (κ1) is 12.5. The second kappa shape index (κ2) is 4.39. The van der Waals surface area contributed by atoms with Crippen molar-refractivity contribution in [3.63, 3.8) is 0 Å². The van der Waals surface area contributed by atoms with E-state index < -0.39 is 0 Å². The van der Waals surface area contributed by atoms with Crippen LogP contribution in [0.15, 0.2) is 12.1 Å². The lowest BCUT2D eigenvalue weighted by atomic mass is 9.77. The van der Waals surface area contributed by atoms with Crippen molar-refractivity contribution in [1.29, 1.82) is 0 Å². The van der Waals surface area contributed by atoms with Gasteiger partial charge in [0.05, 0.1) is 0 Å². The van der Waals surface area contributed by atoms with Crippen LogP contribution in [0.5, 0.6) is 11.5 Å². The molecule has 0 aromatic heterocycles. The Kier molecular flexibility index (Phi) is 3.23. The van der Waals surface area contributed by atoms with Crippen LogP contribution in [-0.4, -0.2) is 35.3 Å². The first-order valence-electron chi connectivity index (χ1n) is 5.89. The molecule has 4 heteroatoms. The zero-order valence-electron chi connectivity index (χ0n) is 9.89. The van der Waals surface area contributed by atoms with Crippen LogP contribution in [0.25, 0.3) is 0 Å². The van der Waals surface area contributed by atoms with Crippen LogP contribution in [0.3, 0.4) is 0 Å². The maximum absolute atomic E-state index is 9.87. The molecule has 0 spiro atoms. The molecule has 0 amide bonds. The number of likely N-dealkylation sites (N-methyl/N-ethyl adjacent to an activating group) is 1. The topological polar surface area (TPSA) is 43.7 Å². The predicted molar refractivity (Wildman–Crippen MR) is 69.1 cm³/mol. The normalized spacial score (nSPS) is 27.1. The molecular formula is C13H18ClNO2. The molecule has 2 N–H and O–H groups in total. The van der Waals surface area contributed by atoms with Gasteiger partial charge in [0.2, 0.25) is 0 Å². The van der Waals surface area contributed by atoms with Crippen molar-refractivity contribution >= 4 is 12.4 Å². The van der Waals surface area contributed by atoms with E-state index in [2.05, 4.69) is 11.9 Å². The molecule has 17 heavy (non-hydrogen) atoms. The highest BCUT2D eigenvalue weighted by Gasteiger charge is 2.37. The highest BCUT2D eigenvalue weighted by molar-refractivity contribution is 5.85. The number of fused-ring (bicyclic) bond motifs is 3. The monoisotopic (exact) mass is 255 g/mol. The summed E-state index contributed by atoms with van der Waals surface area (Å²) >= 11 is 0. The van der Waals surface area contributed by atoms with E-state index in [9.17, 15) is 10.2 Å². The van der Waals surface area contributed by atoms with Gasteiger partial charge in [-0.2, -0.15) is 0 Å². The summed E-state index contributed by atoms with van der Waals surface area (Å²) in [6.45, 7) is 2.23. The standard InChI is InChI=1S/C13H17NO2.ClH/c1-14-6-8-2-3-10-9(11(8)7-14)4-5-12(15)13(10)16;/h4-5,8,11,15-16H,2-3,6-7H2,1H3;1H. The molecule has 1 aliphatic carbocycles. The van der Waals surface area contributed by atoms with E-state index in [1.165, 1.54) is 5.56 Å². The third-order valence-electron chi connectivity index (χ3n) is 4.09. The summed E-state index contributed by atoms with van der Waals surface area (Å²) in [5, 5.41) is 19.4. The largest absolute Gasteiger partial charge is 0.504 e. The molecule has 1 saturated heterocycles. The molecular weight excluding hydrogens is 238 g/mol. The predicted octanol–water partition coefficient (Wildman–Crippen LogP) is 2.11. The lowest BCUT2D eigenvalue weighted by Crippen LogP contribution is -2.18. The lowest BCUT2D eigenvalue weighted by molar-refractivity contribution is 0.375. The molecule has 2 aliphatic rings. The number of phenolic OH excluding ortho intramolecular Hbond substituents is 2. The fraction of sp³-hybridized carbons (Fsp3) is 0.538. The maximum atomic E-state index is 9.87. The molecule has 2 atom stereocenters. The van der Waals surface area contributed by atoms with Crippen LogP contribution in [0.2, 0.25) is 0 Å². The second-order valence-corrected chi connectivity index (χ2v) is 5.13. The van der Waals surface area contributed by atoms with Gasteiger partial charge in [-0.3, -0.25) is 0 Å². The van der Waals surface area contributed by atoms with Gasteiger partial charge in [0.15, 0.2) is 11.5 Å². The Hall–Kier alpha value is -0.930. The Bertz CT molecular complexity index is 436. The first-order valence-corrected chi connectivity index (χ1v) is 5.89. The SMILES string of the molecule is CN1CC2CCc3c(ccc(O)c3O)C2C1.Cl. The molecule has 1 aromatic carbocycles. The number of likely N-dealkylation sites (tertiary alicyclic amines) is 1. The minimum absolute atomic E-state index is 0. The van der Waals surface area contributed by atoms with E-state index in [0.717, 1.165) is 37.4 Å². The van der Waals surface area contributed by atoms with Crippen molar-refractivity contribution in [3.8, 4) is 11.5 Å². The zero-order valence-corrected chi connectivity index (χ0v) is 10.7. The third kappa shape index (κ3) is 1.87. The molecule has 3 nitrogen and oxygen atoms in total.